The van der Waals surface area contributed by atoms with Crippen LogP contribution in [-0.4, -0.2) is 83.2 Å². The van der Waals surface area contributed by atoms with Gasteiger partial charge in [0, 0.05) is 45.8 Å². The molecule has 6 heteroatoms. The number of hydrogen-bond donors (Lipinski definition) is 0. The summed E-state index contributed by atoms with van der Waals surface area (Å²) in [6, 6.07) is 2.01. The zero-order valence-electron chi connectivity index (χ0n) is 17.7. The average Bonchev–Trinajstić information content (AvgIpc) is 3.04. The van der Waals surface area contributed by atoms with Gasteiger partial charge in [-0.3, -0.25) is 14.4 Å². The number of piperidine rings is 1. The fourth-order valence-corrected chi connectivity index (χ4v) is 4.48. The van der Waals surface area contributed by atoms with Gasteiger partial charge in [-0.15, -0.1) is 0 Å². The maximum absolute atomic E-state index is 13.1. The normalized spacial score (nSPS) is 22.6. The second-order valence-electron chi connectivity index (χ2n) is 8.80. The third-order valence-electron chi connectivity index (χ3n) is 5.86. The molecule has 0 radical (unpaired) electrons. The molecule has 0 aromatic carbocycles. The fraction of sp³-hybridized carbons (Fsp3) is 0.810. The molecule has 1 aromatic heterocycles. The van der Waals surface area contributed by atoms with Gasteiger partial charge in [-0.05, 0) is 57.7 Å². The SMILES string of the molecule is CCn1nc(CC(C)C)cc1C(=O)N1CCN(C[C@H]2CCCN(C)C2)CC1. The number of amides is 1. The number of aryl methyl sites for hydroxylation is 1. The van der Waals surface area contributed by atoms with E-state index in [2.05, 4.69) is 42.7 Å². The molecule has 0 bridgehead atoms. The van der Waals surface area contributed by atoms with Crippen LogP contribution in [0.5, 0.6) is 0 Å². The van der Waals surface area contributed by atoms with E-state index in [-0.39, 0.29) is 5.91 Å². The molecule has 2 fully saturated rings. The third-order valence-corrected chi connectivity index (χ3v) is 5.86. The van der Waals surface area contributed by atoms with Gasteiger partial charge in [0.1, 0.15) is 5.69 Å². The van der Waals surface area contributed by atoms with E-state index in [1.165, 1.54) is 32.5 Å². The summed E-state index contributed by atoms with van der Waals surface area (Å²) in [5, 5.41) is 4.64. The van der Waals surface area contributed by atoms with Crippen molar-refractivity contribution in [2.45, 2.75) is 46.6 Å². The molecule has 27 heavy (non-hydrogen) atoms. The van der Waals surface area contributed by atoms with Gasteiger partial charge in [0.05, 0.1) is 5.69 Å². The van der Waals surface area contributed by atoms with Crippen LogP contribution in [0, 0.1) is 11.8 Å². The molecule has 0 spiro atoms. The lowest BCUT2D eigenvalue weighted by molar-refractivity contribution is 0.0577. The van der Waals surface area contributed by atoms with Gasteiger partial charge < -0.3 is 9.80 Å². The number of carbonyl (C=O) groups excluding carboxylic acids is 1. The number of nitrogens with zero attached hydrogens (tertiary/aromatic N) is 5. The summed E-state index contributed by atoms with van der Waals surface area (Å²) in [4.78, 5) is 20.1. The molecular formula is C21H37N5O. The van der Waals surface area contributed by atoms with Crippen LogP contribution in [0.25, 0.3) is 0 Å². The molecule has 6 nitrogen and oxygen atoms in total. The monoisotopic (exact) mass is 375 g/mol. The second-order valence-corrected chi connectivity index (χ2v) is 8.80. The molecular weight excluding hydrogens is 338 g/mol. The van der Waals surface area contributed by atoms with Crippen molar-refractivity contribution in [3.63, 3.8) is 0 Å². The molecule has 0 saturated carbocycles. The lowest BCUT2D eigenvalue weighted by Crippen LogP contribution is -2.51. The Hall–Kier alpha value is -1.40. The van der Waals surface area contributed by atoms with Crippen LogP contribution in [0.3, 0.4) is 0 Å². The highest BCUT2D eigenvalue weighted by atomic mass is 16.2. The number of hydrogen-bond acceptors (Lipinski definition) is 4. The molecule has 2 aliphatic heterocycles. The maximum Gasteiger partial charge on any atom is 0.272 e. The highest BCUT2D eigenvalue weighted by molar-refractivity contribution is 5.92. The Morgan fingerprint density at radius 2 is 1.96 bits per heavy atom. The van der Waals surface area contributed by atoms with E-state index in [4.69, 9.17) is 0 Å². The summed E-state index contributed by atoms with van der Waals surface area (Å²) in [5.74, 6) is 1.48. The molecule has 1 amide bonds. The Bertz CT molecular complexity index is 618. The molecule has 2 saturated heterocycles. The minimum absolute atomic E-state index is 0.149. The van der Waals surface area contributed by atoms with Crippen LogP contribution in [0.1, 0.15) is 49.8 Å². The minimum atomic E-state index is 0.149. The highest BCUT2D eigenvalue weighted by Gasteiger charge is 2.27. The smallest absolute Gasteiger partial charge is 0.272 e. The van der Waals surface area contributed by atoms with Crippen molar-refractivity contribution in [3.05, 3.63) is 17.5 Å². The van der Waals surface area contributed by atoms with Crippen LogP contribution in [0.4, 0.5) is 0 Å². The van der Waals surface area contributed by atoms with Crippen molar-refractivity contribution in [1.82, 2.24) is 24.5 Å². The van der Waals surface area contributed by atoms with Gasteiger partial charge in [0.15, 0.2) is 0 Å². The molecule has 1 aromatic rings. The quantitative estimate of drug-likeness (QED) is 0.765. The summed E-state index contributed by atoms with van der Waals surface area (Å²) < 4.78 is 1.88. The minimum Gasteiger partial charge on any atom is -0.335 e. The van der Waals surface area contributed by atoms with Gasteiger partial charge >= 0.3 is 0 Å². The zero-order chi connectivity index (χ0) is 19.4. The third kappa shape index (κ3) is 5.32. The standard InChI is InChI=1S/C21H37N5O/c1-5-26-20(14-19(22-26)13-17(2)3)21(27)25-11-9-24(10-12-25)16-18-7-6-8-23(4)15-18/h14,17-18H,5-13,15-16H2,1-4H3/t18-/m0/s1. The molecule has 2 aliphatic rings. The predicted octanol–water partition coefficient (Wildman–Crippen LogP) is 2.20. The summed E-state index contributed by atoms with van der Waals surface area (Å²) in [6.45, 7) is 14.5. The first-order valence-corrected chi connectivity index (χ1v) is 10.7. The van der Waals surface area contributed by atoms with Crippen molar-refractivity contribution in [3.8, 4) is 0 Å². The molecule has 1 atom stereocenters. The van der Waals surface area contributed by atoms with Gasteiger partial charge in [-0.25, -0.2) is 0 Å². The molecule has 0 unspecified atom stereocenters. The van der Waals surface area contributed by atoms with Crippen molar-refractivity contribution < 1.29 is 4.79 Å². The number of carbonyl (C=O) groups is 1. The van der Waals surface area contributed by atoms with Gasteiger partial charge in [0.25, 0.3) is 5.91 Å². The van der Waals surface area contributed by atoms with E-state index in [1.54, 1.807) is 0 Å². The lowest BCUT2D eigenvalue weighted by Gasteiger charge is -2.38. The Morgan fingerprint density at radius 1 is 1.22 bits per heavy atom. The number of piperazine rings is 1. The molecule has 3 heterocycles. The van der Waals surface area contributed by atoms with E-state index >= 15 is 0 Å². The van der Waals surface area contributed by atoms with Crippen LogP contribution in [0.2, 0.25) is 0 Å². The summed E-state index contributed by atoms with van der Waals surface area (Å²) >= 11 is 0. The van der Waals surface area contributed by atoms with E-state index in [9.17, 15) is 4.79 Å². The first-order chi connectivity index (χ1) is 13.0. The van der Waals surface area contributed by atoms with Crippen LogP contribution >= 0.6 is 0 Å². The predicted molar refractivity (Wildman–Crippen MR) is 109 cm³/mol. The Labute approximate surface area is 164 Å². The summed E-state index contributed by atoms with van der Waals surface area (Å²) in [7, 11) is 2.23. The van der Waals surface area contributed by atoms with Crippen molar-refractivity contribution in [1.29, 1.82) is 0 Å². The van der Waals surface area contributed by atoms with Crippen LogP contribution < -0.4 is 0 Å². The second kappa shape index (κ2) is 9.20. The van der Waals surface area contributed by atoms with Crippen molar-refractivity contribution in [2.75, 3.05) is 52.9 Å². The first-order valence-electron chi connectivity index (χ1n) is 10.7. The molecule has 0 N–H and O–H groups in total. The Kier molecular flexibility index (Phi) is 6.93. The van der Waals surface area contributed by atoms with Crippen molar-refractivity contribution in [2.24, 2.45) is 11.8 Å². The largest absolute Gasteiger partial charge is 0.335 e. The summed E-state index contributed by atoms with van der Waals surface area (Å²) in [5.41, 5.74) is 1.80. The lowest BCUT2D eigenvalue weighted by atomic mass is 9.97. The van der Waals surface area contributed by atoms with E-state index < -0.39 is 0 Å². The number of rotatable bonds is 6. The fourth-order valence-electron chi connectivity index (χ4n) is 4.48. The first kappa shape index (κ1) is 20.3. The van der Waals surface area contributed by atoms with Crippen LogP contribution in [0.15, 0.2) is 6.07 Å². The van der Waals surface area contributed by atoms with Gasteiger partial charge in [-0.1, -0.05) is 13.8 Å². The van der Waals surface area contributed by atoms with Gasteiger partial charge in [0.2, 0.25) is 0 Å². The summed E-state index contributed by atoms with van der Waals surface area (Å²) in [6.07, 6.45) is 3.59. The maximum atomic E-state index is 13.1. The Balaban J connectivity index is 1.54. The number of likely N-dealkylation sites (tertiary alicyclic amines) is 1. The highest BCUT2D eigenvalue weighted by Crippen LogP contribution is 2.18. The topological polar surface area (TPSA) is 44.6 Å². The van der Waals surface area contributed by atoms with Gasteiger partial charge in [-0.2, -0.15) is 5.10 Å². The molecule has 3 rings (SSSR count). The molecule has 152 valence electrons. The molecule has 0 aliphatic carbocycles. The van der Waals surface area contributed by atoms with E-state index in [0.29, 0.717) is 5.92 Å². The zero-order valence-corrected chi connectivity index (χ0v) is 17.7. The van der Waals surface area contributed by atoms with Crippen LogP contribution in [-0.2, 0) is 13.0 Å². The Morgan fingerprint density at radius 3 is 2.59 bits per heavy atom. The van der Waals surface area contributed by atoms with E-state index in [1.807, 2.05) is 15.6 Å². The van der Waals surface area contributed by atoms with E-state index in [0.717, 1.165) is 56.5 Å². The number of aromatic nitrogens is 2. The van der Waals surface area contributed by atoms with Crippen molar-refractivity contribution >= 4 is 5.91 Å². The average molecular weight is 376 g/mol.